The molecule has 0 radical (unpaired) electrons. The van der Waals surface area contributed by atoms with E-state index in [9.17, 15) is 4.79 Å². The topological polar surface area (TPSA) is 62.5 Å². The Morgan fingerprint density at radius 2 is 1.86 bits per heavy atom. The molecule has 150 valence electrons. The molecule has 28 heavy (non-hydrogen) atoms. The Hall–Kier alpha value is -2.21. The van der Waals surface area contributed by atoms with Crippen molar-refractivity contribution in [1.29, 1.82) is 0 Å². The fourth-order valence-electron chi connectivity index (χ4n) is 4.71. The molecular formula is C22H30N4O2. The third-order valence-electron chi connectivity index (χ3n) is 6.19. The molecule has 2 saturated heterocycles. The van der Waals surface area contributed by atoms with Gasteiger partial charge in [0, 0.05) is 18.2 Å². The lowest BCUT2D eigenvalue weighted by Crippen LogP contribution is -2.47. The fraction of sp³-hybridized carbons (Fsp3) is 0.591. The van der Waals surface area contributed by atoms with Crippen molar-refractivity contribution in [2.75, 3.05) is 19.6 Å². The predicted molar refractivity (Wildman–Crippen MR) is 107 cm³/mol. The molecule has 0 unspecified atom stereocenters. The van der Waals surface area contributed by atoms with E-state index in [1.54, 1.807) is 0 Å². The molecule has 2 aliphatic heterocycles. The number of amides is 1. The van der Waals surface area contributed by atoms with Gasteiger partial charge in [-0.15, -0.1) is 0 Å². The van der Waals surface area contributed by atoms with Gasteiger partial charge in [0.05, 0.1) is 6.54 Å². The van der Waals surface area contributed by atoms with Crippen LogP contribution in [0.2, 0.25) is 0 Å². The van der Waals surface area contributed by atoms with Gasteiger partial charge >= 0.3 is 0 Å². The number of carbonyl (C=O) groups is 1. The van der Waals surface area contributed by atoms with Crippen molar-refractivity contribution >= 4 is 5.91 Å². The number of hydrogen-bond donors (Lipinski definition) is 0. The van der Waals surface area contributed by atoms with E-state index >= 15 is 0 Å². The van der Waals surface area contributed by atoms with Gasteiger partial charge in [-0.3, -0.25) is 9.69 Å². The van der Waals surface area contributed by atoms with Crippen LogP contribution in [-0.2, 0) is 6.54 Å². The van der Waals surface area contributed by atoms with Crippen molar-refractivity contribution in [3.63, 3.8) is 0 Å². The van der Waals surface area contributed by atoms with Crippen LogP contribution in [0, 0.1) is 12.8 Å². The minimum atomic E-state index is 0.205. The van der Waals surface area contributed by atoms with Gasteiger partial charge in [-0.25, -0.2) is 0 Å². The number of rotatable bonds is 4. The molecule has 1 amide bonds. The van der Waals surface area contributed by atoms with Crippen LogP contribution < -0.4 is 0 Å². The Balaban J connectivity index is 1.40. The molecule has 0 spiro atoms. The number of nitrogens with zero attached hydrogens (tertiary/aromatic N) is 4. The third kappa shape index (κ3) is 4.43. The molecule has 1 aromatic heterocycles. The molecule has 2 fully saturated rings. The second-order valence-electron chi connectivity index (χ2n) is 8.13. The van der Waals surface area contributed by atoms with E-state index in [-0.39, 0.29) is 5.91 Å². The maximum absolute atomic E-state index is 13.2. The van der Waals surface area contributed by atoms with Gasteiger partial charge in [0.15, 0.2) is 5.82 Å². The number of hydrogen-bond acceptors (Lipinski definition) is 5. The highest BCUT2D eigenvalue weighted by Crippen LogP contribution is 2.31. The molecule has 0 bridgehead atoms. The molecule has 6 heteroatoms. The first-order valence-electron chi connectivity index (χ1n) is 10.6. The molecule has 4 rings (SSSR count). The van der Waals surface area contributed by atoms with Crippen molar-refractivity contribution < 1.29 is 9.32 Å². The highest BCUT2D eigenvalue weighted by Gasteiger charge is 2.34. The lowest BCUT2D eigenvalue weighted by atomic mass is 9.86. The molecule has 2 aromatic rings. The summed E-state index contributed by atoms with van der Waals surface area (Å²) in [5, 5.41) is 3.88. The first-order valence-corrected chi connectivity index (χ1v) is 10.6. The minimum absolute atomic E-state index is 0.205. The fourth-order valence-corrected chi connectivity index (χ4v) is 4.71. The van der Waals surface area contributed by atoms with E-state index in [0.717, 1.165) is 57.4 Å². The zero-order valence-corrected chi connectivity index (χ0v) is 16.7. The molecule has 1 aromatic carbocycles. The van der Waals surface area contributed by atoms with Crippen LogP contribution in [-0.4, -0.2) is 51.5 Å². The van der Waals surface area contributed by atoms with Gasteiger partial charge in [0.1, 0.15) is 0 Å². The summed E-state index contributed by atoms with van der Waals surface area (Å²) in [4.78, 5) is 22.1. The highest BCUT2D eigenvalue weighted by atomic mass is 16.5. The second kappa shape index (κ2) is 8.86. The average Bonchev–Trinajstić information content (AvgIpc) is 2.99. The van der Waals surface area contributed by atoms with E-state index in [2.05, 4.69) is 19.9 Å². The van der Waals surface area contributed by atoms with Crippen molar-refractivity contribution in [2.24, 2.45) is 5.92 Å². The van der Waals surface area contributed by atoms with Crippen LogP contribution in [0.4, 0.5) is 0 Å². The second-order valence-corrected chi connectivity index (χ2v) is 8.13. The largest absolute Gasteiger partial charge is 0.338 e. The van der Waals surface area contributed by atoms with Crippen molar-refractivity contribution in [3.8, 4) is 0 Å². The summed E-state index contributed by atoms with van der Waals surface area (Å²) in [7, 11) is 0. The summed E-state index contributed by atoms with van der Waals surface area (Å²) in [6.07, 6.45) is 6.94. The Labute approximate surface area is 166 Å². The molecule has 6 nitrogen and oxygen atoms in total. The number of aromatic nitrogens is 2. The molecule has 2 aliphatic rings. The van der Waals surface area contributed by atoms with Gasteiger partial charge in [0.2, 0.25) is 5.89 Å². The van der Waals surface area contributed by atoms with Crippen LogP contribution in [0.3, 0.4) is 0 Å². The molecule has 1 atom stereocenters. The van der Waals surface area contributed by atoms with E-state index < -0.39 is 0 Å². The van der Waals surface area contributed by atoms with Crippen LogP contribution >= 0.6 is 0 Å². The van der Waals surface area contributed by atoms with Crippen LogP contribution in [0.15, 0.2) is 34.9 Å². The SMILES string of the molecule is Cc1noc(CN2CCC([C@H]3CCCCCN3C(=O)c3ccccc3)CC2)n1. The highest BCUT2D eigenvalue weighted by molar-refractivity contribution is 5.94. The zero-order valence-electron chi connectivity index (χ0n) is 16.7. The third-order valence-corrected chi connectivity index (χ3v) is 6.19. The molecule has 3 heterocycles. The van der Waals surface area contributed by atoms with Gasteiger partial charge in [0.25, 0.3) is 5.91 Å². The normalized spacial score (nSPS) is 22.2. The molecule has 0 aliphatic carbocycles. The van der Waals surface area contributed by atoms with E-state index in [1.165, 1.54) is 12.8 Å². The summed E-state index contributed by atoms with van der Waals surface area (Å²) in [6.45, 7) is 5.51. The first kappa shape index (κ1) is 19.1. The van der Waals surface area contributed by atoms with E-state index in [4.69, 9.17) is 4.52 Å². The number of carbonyl (C=O) groups excluding carboxylic acids is 1. The number of piperidine rings is 1. The Morgan fingerprint density at radius 1 is 1.07 bits per heavy atom. The minimum Gasteiger partial charge on any atom is -0.338 e. The maximum Gasteiger partial charge on any atom is 0.254 e. The lowest BCUT2D eigenvalue weighted by molar-refractivity contribution is 0.0506. The van der Waals surface area contributed by atoms with E-state index in [1.807, 2.05) is 37.3 Å². The Bertz CT molecular complexity index is 768. The lowest BCUT2D eigenvalue weighted by Gasteiger charge is -2.40. The van der Waals surface area contributed by atoms with Gasteiger partial charge in [-0.2, -0.15) is 4.98 Å². The summed E-state index contributed by atoms with van der Waals surface area (Å²) in [5.74, 6) is 2.17. The van der Waals surface area contributed by atoms with Crippen molar-refractivity contribution in [3.05, 3.63) is 47.6 Å². The van der Waals surface area contributed by atoms with Crippen LogP contribution in [0.25, 0.3) is 0 Å². The Kier molecular flexibility index (Phi) is 6.05. The van der Waals surface area contributed by atoms with Gasteiger partial charge in [-0.05, 0) is 63.7 Å². The molecule has 0 saturated carbocycles. The Morgan fingerprint density at radius 3 is 2.57 bits per heavy atom. The smallest absolute Gasteiger partial charge is 0.254 e. The monoisotopic (exact) mass is 382 g/mol. The maximum atomic E-state index is 13.2. The van der Waals surface area contributed by atoms with Gasteiger partial charge < -0.3 is 9.42 Å². The average molecular weight is 383 g/mol. The first-order chi connectivity index (χ1) is 13.7. The van der Waals surface area contributed by atoms with Crippen LogP contribution in [0.1, 0.15) is 60.6 Å². The van der Waals surface area contributed by atoms with Crippen molar-refractivity contribution in [2.45, 2.75) is 58.0 Å². The van der Waals surface area contributed by atoms with Crippen LogP contribution in [0.5, 0.6) is 0 Å². The summed E-state index contributed by atoms with van der Waals surface area (Å²) in [5.41, 5.74) is 0.818. The zero-order chi connectivity index (χ0) is 19.3. The summed E-state index contributed by atoms with van der Waals surface area (Å²) >= 11 is 0. The van der Waals surface area contributed by atoms with Crippen molar-refractivity contribution in [1.82, 2.24) is 19.9 Å². The van der Waals surface area contributed by atoms with E-state index in [0.29, 0.717) is 23.7 Å². The number of likely N-dealkylation sites (tertiary alicyclic amines) is 2. The van der Waals surface area contributed by atoms with Gasteiger partial charge in [-0.1, -0.05) is 36.2 Å². The quantitative estimate of drug-likeness (QED) is 0.807. The predicted octanol–water partition coefficient (Wildman–Crippen LogP) is 3.68. The molecular weight excluding hydrogens is 352 g/mol. The number of benzene rings is 1. The molecule has 0 N–H and O–H groups in total. The standard InChI is InChI=1S/C22H30N4O2/c1-17-23-21(28-24-17)16-25-14-11-18(12-15-25)20-10-6-3-7-13-26(20)22(27)19-8-4-2-5-9-19/h2,4-5,8-9,18,20H,3,6-7,10-16H2,1H3/t20-/m1/s1. The summed E-state index contributed by atoms with van der Waals surface area (Å²) < 4.78 is 5.27. The summed E-state index contributed by atoms with van der Waals surface area (Å²) in [6, 6.07) is 10.1. The number of aryl methyl sites for hydroxylation is 1.